The van der Waals surface area contributed by atoms with Crippen LogP contribution >= 0.6 is 0 Å². The van der Waals surface area contributed by atoms with Gasteiger partial charge >= 0.3 is 5.97 Å². The third-order valence-electron chi connectivity index (χ3n) is 4.89. The van der Waals surface area contributed by atoms with Gasteiger partial charge in [-0.3, -0.25) is 14.4 Å². The number of aliphatic carboxylic acids is 1. The Labute approximate surface area is 159 Å². The minimum Gasteiger partial charge on any atom is -0.494 e. The van der Waals surface area contributed by atoms with Gasteiger partial charge in [-0.05, 0) is 43.0 Å². The van der Waals surface area contributed by atoms with Crippen molar-refractivity contribution in [2.24, 2.45) is 17.8 Å². The lowest BCUT2D eigenvalue weighted by Crippen LogP contribution is -2.50. The van der Waals surface area contributed by atoms with Gasteiger partial charge in [-0.25, -0.2) is 0 Å². The molecular formula is C20H28N2O5. The minimum absolute atomic E-state index is 0.110. The third-order valence-corrected chi connectivity index (χ3v) is 4.89. The fraction of sp³-hybridized carbons (Fsp3) is 0.550. The van der Waals surface area contributed by atoms with E-state index < -0.39 is 17.9 Å². The highest BCUT2D eigenvalue weighted by Gasteiger charge is 2.39. The monoisotopic (exact) mass is 376 g/mol. The lowest BCUT2D eigenvalue weighted by atomic mass is 9.99. The molecule has 1 aromatic carbocycles. The number of carbonyl (C=O) groups excluding carboxylic acids is 2. The molecule has 0 spiro atoms. The Balaban J connectivity index is 2.07. The molecule has 1 aliphatic heterocycles. The van der Waals surface area contributed by atoms with Crippen LogP contribution in [0.4, 0.5) is 0 Å². The van der Waals surface area contributed by atoms with Gasteiger partial charge in [0.2, 0.25) is 5.91 Å². The molecule has 1 heterocycles. The van der Waals surface area contributed by atoms with Gasteiger partial charge in [-0.1, -0.05) is 20.8 Å². The van der Waals surface area contributed by atoms with Crippen LogP contribution in [-0.4, -0.2) is 53.5 Å². The summed E-state index contributed by atoms with van der Waals surface area (Å²) in [6.45, 7) is 8.53. The molecule has 1 fully saturated rings. The lowest BCUT2D eigenvalue weighted by Gasteiger charge is -2.27. The molecule has 2 amide bonds. The Morgan fingerprint density at radius 2 is 1.85 bits per heavy atom. The number of hydrogen-bond donors (Lipinski definition) is 2. The molecule has 1 aliphatic rings. The smallest absolute Gasteiger partial charge is 0.308 e. The molecule has 2 rings (SSSR count). The number of ether oxygens (including phenoxy) is 1. The maximum Gasteiger partial charge on any atom is 0.308 e. The first-order chi connectivity index (χ1) is 12.7. The second kappa shape index (κ2) is 8.88. The quantitative estimate of drug-likeness (QED) is 0.759. The number of likely N-dealkylation sites (tertiary alicyclic amines) is 1. The zero-order chi connectivity index (χ0) is 20.1. The van der Waals surface area contributed by atoms with Crippen LogP contribution in [0.15, 0.2) is 24.3 Å². The minimum atomic E-state index is -0.891. The van der Waals surface area contributed by atoms with E-state index in [0.717, 1.165) is 0 Å². The molecule has 0 bridgehead atoms. The highest BCUT2D eigenvalue weighted by molar-refractivity contribution is 5.97. The summed E-state index contributed by atoms with van der Waals surface area (Å²) in [6.07, 6.45) is 0. The first-order valence-corrected chi connectivity index (χ1v) is 9.29. The average molecular weight is 376 g/mol. The molecule has 0 radical (unpaired) electrons. The van der Waals surface area contributed by atoms with Gasteiger partial charge in [0.25, 0.3) is 5.91 Å². The fourth-order valence-electron chi connectivity index (χ4n) is 3.27. The van der Waals surface area contributed by atoms with E-state index in [4.69, 9.17) is 4.74 Å². The second-order valence-electron chi connectivity index (χ2n) is 7.32. The topological polar surface area (TPSA) is 95.9 Å². The molecule has 7 nitrogen and oxygen atoms in total. The van der Waals surface area contributed by atoms with Gasteiger partial charge in [0.1, 0.15) is 11.8 Å². The fourth-order valence-corrected chi connectivity index (χ4v) is 3.27. The molecule has 0 aromatic heterocycles. The number of hydrogen-bond acceptors (Lipinski definition) is 4. The Hall–Kier alpha value is -2.57. The lowest BCUT2D eigenvalue weighted by molar-refractivity contribution is -0.142. The number of nitrogens with zero attached hydrogens (tertiary/aromatic N) is 1. The zero-order valence-electron chi connectivity index (χ0n) is 16.3. The predicted molar refractivity (Wildman–Crippen MR) is 101 cm³/mol. The van der Waals surface area contributed by atoms with E-state index in [0.29, 0.717) is 24.5 Å². The Morgan fingerprint density at radius 1 is 1.22 bits per heavy atom. The summed E-state index contributed by atoms with van der Waals surface area (Å²) < 4.78 is 5.36. The molecule has 3 atom stereocenters. The van der Waals surface area contributed by atoms with Crippen LogP contribution in [0.25, 0.3) is 0 Å². The summed E-state index contributed by atoms with van der Waals surface area (Å²) in [7, 11) is 0. The normalized spacial score (nSPS) is 20.4. The van der Waals surface area contributed by atoms with Gasteiger partial charge in [-0.2, -0.15) is 0 Å². The predicted octanol–water partition coefficient (Wildman–Crippen LogP) is 2.02. The maximum atomic E-state index is 12.9. The Bertz CT molecular complexity index is 686. The molecule has 27 heavy (non-hydrogen) atoms. The first kappa shape index (κ1) is 20.7. The van der Waals surface area contributed by atoms with Crippen LogP contribution in [0.2, 0.25) is 0 Å². The second-order valence-corrected chi connectivity index (χ2v) is 7.32. The number of rotatable bonds is 7. The summed E-state index contributed by atoms with van der Waals surface area (Å²) in [5.74, 6) is -1.59. The first-order valence-electron chi connectivity index (χ1n) is 9.29. The standard InChI is InChI=1S/C20H28N2O5/c1-5-27-15-8-6-14(7-9-15)18(23)21-17(12(2)3)19(24)22-10-13(4)16(11-22)20(25)26/h6-9,12-13,16-17H,5,10-11H2,1-4H3,(H,21,23)(H,25,26)/t13-,16-,17?/m1/s1. The van der Waals surface area contributed by atoms with Crippen LogP contribution < -0.4 is 10.1 Å². The van der Waals surface area contributed by atoms with Crippen molar-refractivity contribution in [1.29, 1.82) is 0 Å². The van der Waals surface area contributed by atoms with Crippen LogP contribution in [-0.2, 0) is 9.59 Å². The van der Waals surface area contributed by atoms with Gasteiger partial charge in [0, 0.05) is 18.7 Å². The number of carboxylic acid groups (broad SMARTS) is 1. The molecule has 1 aromatic rings. The van der Waals surface area contributed by atoms with Gasteiger partial charge in [0.15, 0.2) is 0 Å². The molecule has 1 unspecified atom stereocenters. The number of carbonyl (C=O) groups is 3. The van der Waals surface area contributed by atoms with Crippen molar-refractivity contribution < 1.29 is 24.2 Å². The summed E-state index contributed by atoms with van der Waals surface area (Å²) in [4.78, 5) is 38.3. The Kier molecular flexibility index (Phi) is 6.82. The summed E-state index contributed by atoms with van der Waals surface area (Å²) in [5.41, 5.74) is 0.440. The van der Waals surface area contributed by atoms with Gasteiger partial charge < -0.3 is 20.1 Å². The molecule has 0 aliphatic carbocycles. The van der Waals surface area contributed by atoms with Crippen molar-refractivity contribution in [2.75, 3.05) is 19.7 Å². The number of benzene rings is 1. The number of nitrogens with one attached hydrogen (secondary N) is 1. The maximum absolute atomic E-state index is 12.9. The number of carboxylic acids is 1. The van der Waals surface area contributed by atoms with Crippen molar-refractivity contribution in [3.63, 3.8) is 0 Å². The van der Waals surface area contributed by atoms with Crippen LogP contribution in [0, 0.1) is 17.8 Å². The number of amides is 2. The van der Waals surface area contributed by atoms with Crippen molar-refractivity contribution >= 4 is 17.8 Å². The third kappa shape index (κ3) is 4.99. The summed E-state index contributed by atoms with van der Waals surface area (Å²) in [6, 6.07) is 6.03. The van der Waals surface area contributed by atoms with E-state index >= 15 is 0 Å². The summed E-state index contributed by atoms with van der Waals surface area (Å²) in [5, 5.41) is 12.1. The zero-order valence-corrected chi connectivity index (χ0v) is 16.3. The van der Waals surface area contributed by atoms with Crippen molar-refractivity contribution in [3.05, 3.63) is 29.8 Å². The average Bonchev–Trinajstić information content (AvgIpc) is 3.01. The van der Waals surface area contributed by atoms with E-state index in [1.165, 1.54) is 0 Å². The van der Waals surface area contributed by atoms with Crippen molar-refractivity contribution in [2.45, 2.75) is 33.7 Å². The van der Waals surface area contributed by atoms with Crippen LogP contribution in [0.3, 0.4) is 0 Å². The molecule has 7 heteroatoms. The largest absolute Gasteiger partial charge is 0.494 e. The highest BCUT2D eigenvalue weighted by Crippen LogP contribution is 2.24. The SMILES string of the molecule is CCOc1ccc(C(=O)NC(C(=O)N2C[C@@H](C)[C@H](C(=O)O)C2)C(C)C)cc1. The van der Waals surface area contributed by atoms with Gasteiger partial charge in [-0.15, -0.1) is 0 Å². The highest BCUT2D eigenvalue weighted by atomic mass is 16.5. The molecule has 1 saturated heterocycles. The van der Waals surface area contributed by atoms with E-state index in [1.807, 2.05) is 27.7 Å². The molecular weight excluding hydrogens is 348 g/mol. The van der Waals surface area contributed by atoms with E-state index in [-0.39, 0.29) is 30.2 Å². The van der Waals surface area contributed by atoms with E-state index in [2.05, 4.69) is 5.32 Å². The van der Waals surface area contributed by atoms with Crippen molar-refractivity contribution in [3.8, 4) is 5.75 Å². The van der Waals surface area contributed by atoms with Crippen LogP contribution in [0.1, 0.15) is 38.1 Å². The molecule has 2 N–H and O–H groups in total. The van der Waals surface area contributed by atoms with Crippen LogP contribution in [0.5, 0.6) is 5.75 Å². The Morgan fingerprint density at radius 3 is 2.33 bits per heavy atom. The van der Waals surface area contributed by atoms with Gasteiger partial charge in [0.05, 0.1) is 12.5 Å². The van der Waals surface area contributed by atoms with E-state index in [1.54, 1.807) is 29.2 Å². The molecule has 148 valence electrons. The van der Waals surface area contributed by atoms with Crippen molar-refractivity contribution in [1.82, 2.24) is 10.2 Å². The summed E-state index contributed by atoms with van der Waals surface area (Å²) >= 11 is 0. The molecule has 0 saturated carbocycles. The van der Waals surface area contributed by atoms with E-state index in [9.17, 15) is 19.5 Å².